The lowest BCUT2D eigenvalue weighted by atomic mass is 9.81. The number of Topliss-reactive ketones (excluding diaryl/α,β-unsaturated/α-hetero) is 1. The minimum absolute atomic E-state index is 0.00196. The van der Waals surface area contributed by atoms with Gasteiger partial charge in [0.1, 0.15) is 11.6 Å². The van der Waals surface area contributed by atoms with Gasteiger partial charge in [-0.15, -0.1) is 0 Å². The fourth-order valence-electron chi connectivity index (χ4n) is 4.88. The van der Waals surface area contributed by atoms with E-state index in [9.17, 15) is 9.18 Å². The number of aryl methyl sites for hydroxylation is 1. The van der Waals surface area contributed by atoms with Crippen LogP contribution < -0.4 is 14.5 Å². The number of methoxy groups -OCH3 is 1. The summed E-state index contributed by atoms with van der Waals surface area (Å²) in [5.74, 6) is 1.04. The average Bonchev–Trinajstić information content (AvgIpc) is 2.84. The van der Waals surface area contributed by atoms with Gasteiger partial charge in [-0.05, 0) is 55.2 Å². The molecule has 5 rings (SSSR count). The van der Waals surface area contributed by atoms with Crippen molar-refractivity contribution in [1.29, 1.82) is 0 Å². The maximum Gasteiger partial charge on any atom is 0.225 e. The van der Waals surface area contributed by atoms with Crippen molar-refractivity contribution in [2.45, 2.75) is 25.7 Å². The molecule has 0 spiro atoms. The second-order valence-corrected chi connectivity index (χ2v) is 8.65. The molecule has 0 unspecified atom stereocenters. The molecule has 6 nitrogen and oxygen atoms in total. The molecule has 1 aliphatic heterocycles. The Morgan fingerprint density at radius 2 is 1.64 bits per heavy atom. The molecule has 0 amide bonds. The van der Waals surface area contributed by atoms with Crippen molar-refractivity contribution in [3.05, 3.63) is 76.9 Å². The van der Waals surface area contributed by atoms with Crippen molar-refractivity contribution >= 4 is 17.4 Å². The third-order valence-electron chi connectivity index (χ3n) is 6.65. The van der Waals surface area contributed by atoms with Crippen molar-refractivity contribution < 1.29 is 13.9 Å². The standard InChI is InChI=1S/C26H27FN4O2/c1-17-25-23(15-18(16-24(25)32)21-5-3-4-6-22(21)27)29-26(28-17)31-13-11-30(12-14-31)19-7-9-20(33-2)10-8-19/h3-10,18H,11-16H2,1-2H3/t18-/m1/s1. The number of hydrogen-bond acceptors (Lipinski definition) is 6. The number of fused-ring (bicyclic) bond motifs is 1. The molecule has 2 aliphatic rings. The minimum Gasteiger partial charge on any atom is -0.497 e. The van der Waals surface area contributed by atoms with Gasteiger partial charge in [0.2, 0.25) is 5.95 Å². The summed E-state index contributed by atoms with van der Waals surface area (Å²) in [6.07, 6.45) is 0.836. The number of ether oxygens (including phenoxy) is 1. The average molecular weight is 447 g/mol. The first-order valence-electron chi connectivity index (χ1n) is 11.3. The molecular weight excluding hydrogens is 419 g/mol. The highest BCUT2D eigenvalue weighted by molar-refractivity contribution is 5.99. The Morgan fingerprint density at radius 3 is 2.33 bits per heavy atom. The molecule has 0 N–H and O–H groups in total. The number of rotatable bonds is 4. The summed E-state index contributed by atoms with van der Waals surface area (Å²) in [6.45, 7) is 5.15. The van der Waals surface area contributed by atoms with E-state index in [-0.39, 0.29) is 23.9 Å². The maximum atomic E-state index is 14.4. The lowest BCUT2D eigenvalue weighted by molar-refractivity contribution is 0.0961. The molecule has 2 heterocycles. The first-order valence-corrected chi connectivity index (χ1v) is 11.3. The summed E-state index contributed by atoms with van der Waals surface area (Å²) in [5.41, 5.74) is 3.81. The van der Waals surface area contributed by atoms with Crippen molar-refractivity contribution in [2.24, 2.45) is 0 Å². The number of anilines is 2. The van der Waals surface area contributed by atoms with E-state index in [1.165, 1.54) is 6.07 Å². The third kappa shape index (κ3) is 4.15. The number of benzene rings is 2. The Labute approximate surface area is 193 Å². The second-order valence-electron chi connectivity index (χ2n) is 8.65. The molecule has 0 saturated carbocycles. The van der Waals surface area contributed by atoms with Gasteiger partial charge < -0.3 is 14.5 Å². The number of ketones is 1. The number of halogens is 1. The molecule has 7 heteroatoms. The van der Waals surface area contributed by atoms with E-state index in [1.807, 2.05) is 25.1 Å². The Kier molecular flexibility index (Phi) is 5.70. The quantitative estimate of drug-likeness (QED) is 0.600. The van der Waals surface area contributed by atoms with E-state index in [4.69, 9.17) is 9.72 Å². The molecule has 3 aromatic rings. The Hall–Kier alpha value is -3.48. The van der Waals surface area contributed by atoms with Gasteiger partial charge in [0.05, 0.1) is 24.1 Å². The van der Waals surface area contributed by atoms with E-state index in [2.05, 4.69) is 26.9 Å². The van der Waals surface area contributed by atoms with Crippen molar-refractivity contribution in [3.8, 4) is 5.75 Å². The molecule has 0 bridgehead atoms. The number of hydrogen-bond donors (Lipinski definition) is 0. The molecular formula is C26H27FN4O2. The van der Waals surface area contributed by atoms with Crippen LogP contribution in [0.5, 0.6) is 5.75 Å². The van der Waals surface area contributed by atoms with E-state index in [0.717, 1.165) is 43.3 Å². The number of aromatic nitrogens is 2. The second kappa shape index (κ2) is 8.81. The van der Waals surface area contributed by atoms with Crippen LogP contribution in [0.2, 0.25) is 0 Å². The first kappa shape index (κ1) is 21.4. The van der Waals surface area contributed by atoms with E-state index in [0.29, 0.717) is 29.2 Å². The minimum atomic E-state index is -0.264. The summed E-state index contributed by atoms with van der Waals surface area (Å²) in [4.78, 5) is 26.9. The molecule has 33 heavy (non-hydrogen) atoms. The summed E-state index contributed by atoms with van der Waals surface area (Å²) < 4.78 is 19.6. The zero-order chi connectivity index (χ0) is 22.9. The predicted octanol–water partition coefficient (Wildman–Crippen LogP) is 4.17. The van der Waals surface area contributed by atoms with Crippen LogP contribution in [0.4, 0.5) is 16.0 Å². The fraction of sp³-hybridized carbons (Fsp3) is 0.346. The lowest BCUT2D eigenvalue weighted by Crippen LogP contribution is -2.47. The lowest BCUT2D eigenvalue weighted by Gasteiger charge is -2.36. The van der Waals surface area contributed by atoms with E-state index in [1.54, 1.807) is 19.2 Å². The molecule has 170 valence electrons. The van der Waals surface area contributed by atoms with Crippen molar-refractivity contribution in [1.82, 2.24) is 9.97 Å². The van der Waals surface area contributed by atoms with Crippen LogP contribution in [0, 0.1) is 12.7 Å². The summed E-state index contributed by atoms with van der Waals surface area (Å²) in [6, 6.07) is 14.8. The topological polar surface area (TPSA) is 58.6 Å². The largest absolute Gasteiger partial charge is 0.497 e. The van der Waals surface area contributed by atoms with Crippen LogP contribution in [0.15, 0.2) is 48.5 Å². The van der Waals surface area contributed by atoms with Gasteiger partial charge in [-0.2, -0.15) is 0 Å². The highest BCUT2D eigenvalue weighted by Crippen LogP contribution is 2.35. The Morgan fingerprint density at radius 1 is 0.939 bits per heavy atom. The van der Waals surface area contributed by atoms with Crippen LogP contribution in [0.25, 0.3) is 0 Å². The van der Waals surface area contributed by atoms with Crippen molar-refractivity contribution in [3.63, 3.8) is 0 Å². The number of carbonyl (C=O) groups excluding carboxylic acids is 1. The number of piperazine rings is 1. The summed E-state index contributed by atoms with van der Waals surface area (Å²) in [5, 5.41) is 0. The zero-order valence-electron chi connectivity index (χ0n) is 18.9. The highest BCUT2D eigenvalue weighted by Gasteiger charge is 2.32. The summed E-state index contributed by atoms with van der Waals surface area (Å²) in [7, 11) is 1.67. The normalized spacial score (nSPS) is 18.3. The van der Waals surface area contributed by atoms with Crippen LogP contribution in [-0.2, 0) is 6.42 Å². The highest BCUT2D eigenvalue weighted by atomic mass is 19.1. The monoisotopic (exact) mass is 446 g/mol. The van der Waals surface area contributed by atoms with Gasteiger partial charge in [0.25, 0.3) is 0 Å². The molecule has 1 aromatic heterocycles. The Balaban J connectivity index is 1.34. The molecule has 2 aromatic carbocycles. The van der Waals surface area contributed by atoms with E-state index < -0.39 is 0 Å². The van der Waals surface area contributed by atoms with Crippen LogP contribution in [0.3, 0.4) is 0 Å². The van der Waals surface area contributed by atoms with Gasteiger partial charge in [0.15, 0.2) is 5.78 Å². The molecule has 1 aliphatic carbocycles. The Bertz CT molecular complexity index is 1170. The van der Waals surface area contributed by atoms with Gasteiger partial charge in [-0.3, -0.25) is 4.79 Å². The third-order valence-corrected chi connectivity index (χ3v) is 6.65. The molecule has 0 radical (unpaired) electrons. The molecule has 1 saturated heterocycles. The van der Waals surface area contributed by atoms with Gasteiger partial charge in [-0.25, -0.2) is 14.4 Å². The zero-order valence-corrected chi connectivity index (χ0v) is 18.9. The SMILES string of the molecule is COc1ccc(N2CCN(c3nc(C)c4c(n3)C[C@@H](c3ccccc3F)CC4=O)CC2)cc1. The van der Waals surface area contributed by atoms with Gasteiger partial charge in [-0.1, -0.05) is 18.2 Å². The van der Waals surface area contributed by atoms with Crippen LogP contribution in [-0.4, -0.2) is 49.0 Å². The maximum absolute atomic E-state index is 14.4. The number of carbonyl (C=O) groups is 1. The van der Waals surface area contributed by atoms with Crippen LogP contribution in [0.1, 0.15) is 39.6 Å². The van der Waals surface area contributed by atoms with Gasteiger partial charge >= 0.3 is 0 Å². The molecule has 1 atom stereocenters. The number of nitrogens with zero attached hydrogens (tertiary/aromatic N) is 4. The summed E-state index contributed by atoms with van der Waals surface area (Å²) >= 11 is 0. The van der Waals surface area contributed by atoms with Crippen molar-refractivity contribution in [2.75, 3.05) is 43.1 Å². The fourth-order valence-corrected chi connectivity index (χ4v) is 4.88. The smallest absolute Gasteiger partial charge is 0.225 e. The van der Waals surface area contributed by atoms with Gasteiger partial charge in [0, 0.05) is 38.3 Å². The van der Waals surface area contributed by atoms with Crippen LogP contribution >= 0.6 is 0 Å². The first-order chi connectivity index (χ1) is 16.0. The molecule has 1 fully saturated rings. The van der Waals surface area contributed by atoms with E-state index >= 15 is 0 Å². The predicted molar refractivity (Wildman–Crippen MR) is 126 cm³/mol.